The molecule has 7 nitrogen and oxygen atoms in total. The number of rotatable bonds is 7. The van der Waals surface area contributed by atoms with Crippen molar-refractivity contribution in [2.75, 3.05) is 18.0 Å². The third-order valence-corrected chi connectivity index (χ3v) is 8.12. The van der Waals surface area contributed by atoms with Crippen LogP contribution in [0.15, 0.2) is 71.6 Å². The quantitative estimate of drug-likeness (QED) is 0.451. The molecule has 9 heteroatoms. The first-order valence-corrected chi connectivity index (χ1v) is 13.3. The van der Waals surface area contributed by atoms with Crippen LogP contribution in [0.1, 0.15) is 37.4 Å². The molecule has 1 N–H and O–H groups in total. The number of nitrogens with zero attached hydrogens (tertiary/aromatic N) is 1. The fourth-order valence-electron chi connectivity index (χ4n) is 4.25. The summed E-state index contributed by atoms with van der Waals surface area (Å²) in [4.78, 5) is 13.4. The van der Waals surface area contributed by atoms with Crippen LogP contribution in [-0.4, -0.2) is 33.6 Å². The summed E-state index contributed by atoms with van der Waals surface area (Å²) in [7, 11) is -2.50. The molecule has 3 aromatic carbocycles. The van der Waals surface area contributed by atoms with E-state index >= 15 is 0 Å². The monoisotopic (exact) mass is 528 g/mol. The van der Waals surface area contributed by atoms with Gasteiger partial charge in [-0.3, -0.25) is 9.10 Å². The molecule has 1 heterocycles. The van der Waals surface area contributed by atoms with E-state index in [0.29, 0.717) is 17.9 Å². The number of anilines is 1. The van der Waals surface area contributed by atoms with Gasteiger partial charge in [0.15, 0.2) is 0 Å². The molecule has 1 amide bonds. The second-order valence-electron chi connectivity index (χ2n) is 9.37. The second-order valence-corrected chi connectivity index (χ2v) is 11.6. The van der Waals surface area contributed by atoms with Gasteiger partial charge >= 0.3 is 0 Å². The number of methoxy groups -OCH3 is 1. The normalized spacial score (nSPS) is 16.4. The maximum Gasteiger partial charge on any atom is 0.264 e. The third kappa shape index (κ3) is 5.44. The van der Waals surface area contributed by atoms with Gasteiger partial charge in [0, 0.05) is 18.1 Å². The fourth-order valence-corrected chi connectivity index (χ4v) is 5.98. The standard InChI is InChI=1S/C27H29ClN2O5S/c1-18-9-12-20(13-10-18)36(32,33)30(24-8-6-5-7-22(24)28)17-26(31)29-23-16-27(2,3)35-25-15-19(34-4)11-14-21(23)25/h5-15,23H,16-17H2,1-4H3,(H,29,31). The molecule has 36 heavy (non-hydrogen) atoms. The summed E-state index contributed by atoms with van der Waals surface area (Å²) in [6.07, 6.45) is 0.509. The average Bonchev–Trinajstić information content (AvgIpc) is 2.82. The van der Waals surface area contributed by atoms with Gasteiger partial charge in [0.1, 0.15) is 23.6 Å². The van der Waals surface area contributed by atoms with Crippen molar-refractivity contribution in [3.05, 3.63) is 82.9 Å². The predicted octanol–water partition coefficient (Wildman–Crippen LogP) is 5.27. The van der Waals surface area contributed by atoms with Gasteiger partial charge in [-0.05, 0) is 57.2 Å². The average molecular weight is 529 g/mol. The predicted molar refractivity (Wildman–Crippen MR) is 140 cm³/mol. The zero-order valence-electron chi connectivity index (χ0n) is 20.6. The Kier molecular flexibility index (Phi) is 7.20. The highest BCUT2D eigenvalue weighted by Crippen LogP contribution is 2.41. The van der Waals surface area contributed by atoms with E-state index in [2.05, 4.69) is 5.32 Å². The van der Waals surface area contributed by atoms with Crippen LogP contribution >= 0.6 is 11.6 Å². The van der Waals surface area contributed by atoms with E-state index in [0.717, 1.165) is 15.4 Å². The first kappa shape index (κ1) is 25.9. The summed E-state index contributed by atoms with van der Waals surface area (Å²) >= 11 is 6.38. The minimum absolute atomic E-state index is 0.0745. The molecular formula is C27H29ClN2O5S. The molecule has 1 aliphatic heterocycles. The molecule has 0 radical (unpaired) electrons. The lowest BCUT2D eigenvalue weighted by molar-refractivity contribution is -0.120. The number of para-hydroxylation sites is 1. The molecule has 0 saturated carbocycles. The van der Waals surface area contributed by atoms with Gasteiger partial charge in [-0.2, -0.15) is 0 Å². The lowest BCUT2D eigenvalue weighted by atomic mass is 9.89. The van der Waals surface area contributed by atoms with E-state index in [-0.39, 0.29) is 21.6 Å². The highest BCUT2D eigenvalue weighted by molar-refractivity contribution is 7.92. The van der Waals surface area contributed by atoms with Crippen molar-refractivity contribution in [1.82, 2.24) is 5.32 Å². The molecule has 1 atom stereocenters. The maximum atomic E-state index is 13.6. The van der Waals surface area contributed by atoms with E-state index < -0.39 is 28.1 Å². The van der Waals surface area contributed by atoms with Crippen LogP contribution in [-0.2, 0) is 14.8 Å². The number of ether oxygens (including phenoxy) is 2. The van der Waals surface area contributed by atoms with E-state index in [1.54, 1.807) is 55.6 Å². The van der Waals surface area contributed by atoms with Crippen molar-refractivity contribution in [3.8, 4) is 11.5 Å². The van der Waals surface area contributed by atoms with Crippen molar-refractivity contribution in [3.63, 3.8) is 0 Å². The van der Waals surface area contributed by atoms with Gasteiger partial charge in [-0.15, -0.1) is 0 Å². The highest BCUT2D eigenvalue weighted by atomic mass is 35.5. The number of hydrogen-bond acceptors (Lipinski definition) is 5. The minimum atomic E-state index is -4.07. The van der Waals surface area contributed by atoms with E-state index in [4.69, 9.17) is 21.1 Å². The summed E-state index contributed by atoms with van der Waals surface area (Å²) < 4.78 is 39.8. The topological polar surface area (TPSA) is 84.9 Å². The molecule has 0 bridgehead atoms. The van der Waals surface area contributed by atoms with Gasteiger partial charge in [0.25, 0.3) is 10.0 Å². The Morgan fingerprint density at radius 2 is 1.83 bits per heavy atom. The van der Waals surface area contributed by atoms with Crippen molar-refractivity contribution in [1.29, 1.82) is 0 Å². The first-order chi connectivity index (χ1) is 17.0. The number of halogens is 1. The largest absolute Gasteiger partial charge is 0.497 e. The van der Waals surface area contributed by atoms with Crippen molar-refractivity contribution >= 4 is 33.2 Å². The lowest BCUT2D eigenvalue weighted by Gasteiger charge is -2.38. The van der Waals surface area contributed by atoms with Crippen LogP contribution in [0.2, 0.25) is 5.02 Å². The molecule has 1 aliphatic rings. The van der Waals surface area contributed by atoms with E-state index in [1.165, 1.54) is 12.1 Å². The van der Waals surface area contributed by atoms with Gasteiger partial charge in [-0.1, -0.05) is 41.4 Å². The Labute approximate surface area is 217 Å². The zero-order valence-corrected chi connectivity index (χ0v) is 22.2. The molecule has 0 saturated heterocycles. The Bertz CT molecular complexity index is 1370. The number of carbonyl (C=O) groups is 1. The first-order valence-electron chi connectivity index (χ1n) is 11.5. The number of hydrogen-bond donors (Lipinski definition) is 1. The number of carbonyl (C=O) groups excluding carboxylic acids is 1. The van der Waals surface area contributed by atoms with Crippen LogP contribution in [0.4, 0.5) is 5.69 Å². The Balaban J connectivity index is 1.66. The summed E-state index contributed by atoms with van der Waals surface area (Å²) in [5.41, 5.74) is 1.41. The van der Waals surface area contributed by atoms with E-state index in [9.17, 15) is 13.2 Å². The molecule has 0 aromatic heterocycles. The highest BCUT2D eigenvalue weighted by Gasteiger charge is 2.36. The molecule has 3 aromatic rings. The van der Waals surface area contributed by atoms with Crippen LogP contribution in [0.3, 0.4) is 0 Å². The van der Waals surface area contributed by atoms with Crippen molar-refractivity contribution < 1.29 is 22.7 Å². The number of aryl methyl sites for hydroxylation is 1. The molecule has 190 valence electrons. The lowest BCUT2D eigenvalue weighted by Crippen LogP contribution is -2.45. The van der Waals surface area contributed by atoms with Gasteiger partial charge in [0.05, 0.1) is 28.8 Å². The molecule has 1 unspecified atom stereocenters. The Morgan fingerprint density at radius 3 is 2.50 bits per heavy atom. The molecular weight excluding hydrogens is 500 g/mol. The van der Waals surface area contributed by atoms with E-state index in [1.807, 2.05) is 26.8 Å². The van der Waals surface area contributed by atoms with Gasteiger partial charge in [0.2, 0.25) is 5.91 Å². The van der Waals surface area contributed by atoms with Crippen LogP contribution < -0.4 is 19.1 Å². The molecule has 4 rings (SSSR count). The number of amides is 1. The molecule has 0 spiro atoms. The summed E-state index contributed by atoms with van der Waals surface area (Å²) in [5.74, 6) is 0.798. The van der Waals surface area contributed by atoms with Crippen molar-refractivity contribution in [2.45, 2.75) is 43.7 Å². The number of fused-ring (bicyclic) bond motifs is 1. The SMILES string of the molecule is COc1ccc2c(c1)OC(C)(C)CC2NC(=O)CN(c1ccccc1Cl)S(=O)(=O)c1ccc(C)cc1. The number of sulfonamides is 1. The summed E-state index contributed by atoms with van der Waals surface area (Å²) in [6, 6.07) is 18.1. The third-order valence-electron chi connectivity index (χ3n) is 6.03. The van der Waals surface area contributed by atoms with Crippen LogP contribution in [0.5, 0.6) is 11.5 Å². The Morgan fingerprint density at radius 1 is 1.14 bits per heavy atom. The van der Waals surface area contributed by atoms with Gasteiger partial charge in [-0.25, -0.2) is 8.42 Å². The maximum absolute atomic E-state index is 13.6. The smallest absolute Gasteiger partial charge is 0.264 e. The summed E-state index contributed by atoms with van der Waals surface area (Å²) in [6.45, 7) is 5.31. The zero-order chi connectivity index (χ0) is 26.1. The number of benzene rings is 3. The molecule has 0 fully saturated rings. The van der Waals surface area contributed by atoms with Crippen LogP contribution in [0, 0.1) is 6.92 Å². The van der Waals surface area contributed by atoms with Crippen molar-refractivity contribution in [2.24, 2.45) is 0 Å². The Hall–Kier alpha value is -3.23. The minimum Gasteiger partial charge on any atom is -0.497 e. The number of nitrogens with one attached hydrogen (secondary N) is 1. The fraction of sp³-hybridized carbons (Fsp3) is 0.296. The molecule has 0 aliphatic carbocycles. The van der Waals surface area contributed by atoms with Gasteiger partial charge < -0.3 is 14.8 Å². The van der Waals surface area contributed by atoms with Crippen LogP contribution in [0.25, 0.3) is 0 Å². The summed E-state index contributed by atoms with van der Waals surface area (Å²) in [5, 5.41) is 3.24. The second kappa shape index (κ2) is 10.0.